The molecule has 48 valence electrons. The van der Waals surface area contributed by atoms with Crippen LogP contribution in [0.3, 0.4) is 0 Å². The second-order valence-corrected chi connectivity index (χ2v) is 2.74. The Labute approximate surface area is 61.5 Å². The Morgan fingerprint density at radius 3 is 2.75 bits per heavy atom. The molecule has 0 rings (SSSR count). The molecule has 0 bridgehead atoms. The molecule has 0 heterocycles. The summed E-state index contributed by atoms with van der Waals surface area (Å²) in [5.41, 5.74) is 0. The molecule has 0 aromatic rings. The normalized spacial score (nSPS) is 14.5. The fourth-order valence-corrected chi connectivity index (χ4v) is 0.700. The number of halogens is 1. The van der Waals surface area contributed by atoms with Crippen LogP contribution in [0.25, 0.3) is 0 Å². The summed E-state index contributed by atoms with van der Waals surface area (Å²) in [6.45, 7) is 4.37. The van der Waals surface area contributed by atoms with Crippen molar-refractivity contribution >= 4 is 15.9 Å². The van der Waals surface area contributed by atoms with Crippen LogP contribution in [-0.4, -0.2) is 0 Å². The van der Waals surface area contributed by atoms with E-state index in [1.165, 1.54) is 6.42 Å². The molecule has 0 radical (unpaired) electrons. The summed E-state index contributed by atoms with van der Waals surface area (Å²) in [6.07, 6.45) is 4.08. The Morgan fingerprint density at radius 2 is 2.38 bits per heavy atom. The van der Waals surface area contributed by atoms with E-state index in [2.05, 4.69) is 29.8 Å². The summed E-state index contributed by atoms with van der Waals surface area (Å²) in [4.78, 5) is 0.503. The van der Waals surface area contributed by atoms with E-state index >= 15 is 0 Å². The van der Waals surface area contributed by atoms with E-state index in [9.17, 15) is 0 Å². The zero-order chi connectivity index (χ0) is 7.28. The van der Waals surface area contributed by atoms with Crippen LogP contribution in [0.1, 0.15) is 28.1 Å². The summed E-state index contributed by atoms with van der Waals surface area (Å²) in [5.74, 6) is 0.744. The first-order valence-corrected chi connectivity index (χ1v) is 3.74. The van der Waals surface area contributed by atoms with Crippen molar-refractivity contribution in [3.8, 4) is 0 Å². The molecule has 0 fully saturated rings. The molecule has 0 aromatic heterocycles. The van der Waals surface area contributed by atoms with Crippen LogP contribution in [-0.2, 0) is 0 Å². The minimum Gasteiger partial charge on any atom is -0.0776 e. The van der Waals surface area contributed by atoms with Crippen LogP contribution in [0.15, 0.2) is 11.0 Å². The molecule has 0 spiro atoms. The number of rotatable bonds is 3. The topological polar surface area (TPSA) is 0 Å². The molecule has 0 aliphatic rings. The van der Waals surface area contributed by atoms with E-state index in [0.717, 1.165) is 12.3 Å². The molecule has 0 amide bonds. The third kappa shape index (κ3) is 6.22. The Morgan fingerprint density at radius 1 is 1.75 bits per heavy atom. The Balaban J connectivity index is 3.20. The molecule has 0 aliphatic heterocycles. The lowest BCUT2D eigenvalue weighted by atomic mass is 10.1. The highest BCUT2D eigenvalue weighted by molar-refractivity contribution is 9.11. The Kier molecular flexibility index (Phi) is 4.25. The second-order valence-electron chi connectivity index (χ2n) is 2.28. The van der Waals surface area contributed by atoms with Gasteiger partial charge in [-0.15, -0.1) is 0 Å². The van der Waals surface area contributed by atoms with Gasteiger partial charge in [-0.25, -0.2) is 0 Å². The van der Waals surface area contributed by atoms with Gasteiger partial charge >= 0.3 is 0 Å². The molecule has 0 saturated carbocycles. The van der Waals surface area contributed by atoms with Gasteiger partial charge in [0.1, 0.15) is 0 Å². The molecule has 0 atom stereocenters. The maximum absolute atomic E-state index is 7.00. The van der Waals surface area contributed by atoms with Crippen LogP contribution < -0.4 is 0 Å². The minimum absolute atomic E-state index is 0.503. The molecule has 0 nitrogen and oxygen atoms in total. The molecule has 0 aromatic carbocycles. The summed E-state index contributed by atoms with van der Waals surface area (Å²) in [7, 11) is 0. The fraction of sp³-hybridized carbons (Fsp3) is 0.714. The Hall–Kier alpha value is 0.220. The van der Waals surface area contributed by atoms with E-state index in [4.69, 9.17) is 1.37 Å². The van der Waals surface area contributed by atoms with E-state index < -0.39 is 0 Å². The zero-order valence-corrected chi connectivity index (χ0v) is 7.03. The number of hydrogen-bond donors (Lipinski definition) is 0. The highest BCUT2D eigenvalue weighted by Gasteiger charge is 1.87. The van der Waals surface area contributed by atoms with Crippen molar-refractivity contribution in [2.75, 3.05) is 0 Å². The second kappa shape index (κ2) is 5.36. The van der Waals surface area contributed by atoms with Gasteiger partial charge in [0.15, 0.2) is 0 Å². The average Bonchev–Trinajstić information content (AvgIpc) is 1.63. The van der Waals surface area contributed by atoms with Crippen molar-refractivity contribution in [3.05, 3.63) is 11.0 Å². The maximum atomic E-state index is 7.00. The van der Waals surface area contributed by atoms with Crippen molar-refractivity contribution in [3.63, 3.8) is 0 Å². The predicted octanol–water partition coefficient (Wildman–Crippen LogP) is 3.33. The van der Waals surface area contributed by atoms with Crippen LogP contribution >= 0.6 is 15.9 Å². The van der Waals surface area contributed by atoms with Crippen LogP contribution in [0.2, 0.25) is 0 Å². The molecular weight excluding hydrogens is 164 g/mol. The van der Waals surface area contributed by atoms with Gasteiger partial charge in [-0.3, -0.25) is 0 Å². The lowest BCUT2D eigenvalue weighted by molar-refractivity contribution is 0.594. The van der Waals surface area contributed by atoms with Gasteiger partial charge in [-0.05, 0) is 23.7 Å². The molecule has 0 saturated heterocycles. The SMILES string of the molecule is [2H]/C(Br)=C\CCC(C)C. The smallest absolute Gasteiger partial charge is 0.0700 e. The van der Waals surface area contributed by atoms with Gasteiger partial charge in [0.2, 0.25) is 0 Å². The van der Waals surface area contributed by atoms with Gasteiger partial charge in [0, 0.05) is 0 Å². The molecular formula is C7H13Br. The first-order chi connectivity index (χ1) is 4.13. The van der Waals surface area contributed by atoms with Crippen molar-refractivity contribution in [1.29, 1.82) is 0 Å². The van der Waals surface area contributed by atoms with E-state index in [1.54, 1.807) is 0 Å². The first-order valence-electron chi connectivity index (χ1n) is 3.45. The molecule has 0 unspecified atom stereocenters. The molecule has 8 heavy (non-hydrogen) atoms. The van der Waals surface area contributed by atoms with Gasteiger partial charge in [-0.1, -0.05) is 35.9 Å². The third-order valence-corrected chi connectivity index (χ3v) is 1.29. The summed E-state index contributed by atoms with van der Waals surface area (Å²) in [6, 6.07) is 0. The largest absolute Gasteiger partial charge is 0.0776 e. The van der Waals surface area contributed by atoms with Gasteiger partial charge in [0.25, 0.3) is 0 Å². The van der Waals surface area contributed by atoms with Gasteiger partial charge < -0.3 is 0 Å². The summed E-state index contributed by atoms with van der Waals surface area (Å²) < 4.78 is 7.00. The standard InChI is InChI=1S/C7H13Br/c1-7(2)5-3-4-6-8/h4,6-7H,3,5H2,1-2H3/b6-4+/i6D. The highest BCUT2D eigenvalue weighted by Crippen LogP contribution is 2.03. The van der Waals surface area contributed by atoms with Gasteiger partial charge in [0.05, 0.1) is 1.37 Å². The zero-order valence-electron chi connectivity index (χ0n) is 6.45. The van der Waals surface area contributed by atoms with Crippen LogP contribution in [0.5, 0.6) is 0 Å². The number of hydrogen-bond acceptors (Lipinski definition) is 0. The summed E-state index contributed by atoms with van der Waals surface area (Å²) >= 11 is 3.05. The van der Waals surface area contributed by atoms with Gasteiger partial charge in [-0.2, -0.15) is 0 Å². The van der Waals surface area contributed by atoms with Crippen molar-refractivity contribution < 1.29 is 1.37 Å². The van der Waals surface area contributed by atoms with Crippen LogP contribution in [0.4, 0.5) is 0 Å². The fourth-order valence-electron chi connectivity index (χ4n) is 0.471. The van der Waals surface area contributed by atoms with E-state index in [0.29, 0.717) is 4.96 Å². The van der Waals surface area contributed by atoms with Crippen molar-refractivity contribution in [1.82, 2.24) is 0 Å². The Bertz CT molecular complexity index is 93.1. The van der Waals surface area contributed by atoms with E-state index in [-0.39, 0.29) is 0 Å². The molecule has 0 N–H and O–H groups in total. The third-order valence-electron chi connectivity index (χ3n) is 0.966. The summed E-state index contributed by atoms with van der Waals surface area (Å²) in [5, 5.41) is 0. The maximum Gasteiger partial charge on any atom is 0.0700 e. The molecule has 1 heteroatoms. The molecule has 0 aliphatic carbocycles. The number of allylic oxidation sites excluding steroid dienone is 1. The van der Waals surface area contributed by atoms with Crippen LogP contribution in [0, 0.1) is 5.92 Å². The monoisotopic (exact) mass is 177 g/mol. The first kappa shape index (κ1) is 6.34. The predicted molar refractivity (Wildman–Crippen MR) is 42.1 cm³/mol. The minimum atomic E-state index is 0.503. The quantitative estimate of drug-likeness (QED) is 0.621. The van der Waals surface area contributed by atoms with Crippen molar-refractivity contribution in [2.45, 2.75) is 26.7 Å². The lowest BCUT2D eigenvalue weighted by Crippen LogP contribution is -1.82. The highest BCUT2D eigenvalue weighted by atomic mass is 79.9. The van der Waals surface area contributed by atoms with E-state index in [1.807, 2.05) is 6.08 Å². The lowest BCUT2D eigenvalue weighted by Gasteiger charge is -1.97. The average molecular weight is 178 g/mol. The van der Waals surface area contributed by atoms with Crippen molar-refractivity contribution in [2.24, 2.45) is 5.92 Å².